The standard InChI is InChI=1S/C15H17F2N3/c1-4-5-18-15-19-8-12(17)14(20-15)13-10(3)6-9(2)7-11(13)16/h6-8H,4-5H2,1-3H3,(H,18,19,20). The average molecular weight is 277 g/mol. The van der Waals surface area contributed by atoms with Gasteiger partial charge in [-0.05, 0) is 37.5 Å². The Morgan fingerprint density at radius 1 is 1.15 bits per heavy atom. The molecule has 20 heavy (non-hydrogen) atoms. The van der Waals surface area contributed by atoms with E-state index in [0.717, 1.165) is 18.2 Å². The maximum Gasteiger partial charge on any atom is 0.223 e. The number of aryl methyl sites for hydroxylation is 2. The smallest absolute Gasteiger partial charge is 0.223 e. The monoisotopic (exact) mass is 277 g/mol. The van der Waals surface area contributed by atoms with Crippen molar-refractivity contribution >= 4 is 5.95 Å². The molecule has 1 N–H and O–H groups in total. The minimum atomic E-state index is -0.627. The fourth-order valence-electron chi connectivity index (χ4n) is 2.08. The van der Waals surface area contributed by atoms with E-state index in [0.29, 0.717) is 18.1 Å². The first-order valence-corrected chi connectivity index (χ1v) is 6.56. The largest absolute Gasteiger partial charge is 0.354 e. The molecule has 2 aromatic rings. The minimum Gasteiger partial charge on any atom is -0.354 e. The Kier molecular flexibility index (Phi) is 4.27. The van der Waals surface area contributed by atoms with Gasteiger partial charge >= 0.3 is 0 Å². The van der Waals surface area contributed by atoms with Gasteiger partial charge in [0.2, 0.25) is 5.95 Å². The van der Waals surface area contributed by atoms with Gasteiger partial charge in [0.05, 0.1) is 6.20 Å². The number of anilines is 1. The van der Waals surface area contributed by atoms with E-state index < -0.39 is 11.6 Å². The van der Waals surface area contributed by atoms with E-state index in [2.05, 4.69) is 15.3 Å². The molecular formula is C15H17F2N3. The van der Waals surface area contributed by atoms with Crippen LogP contribution in [0.3, 0.4) is 0 Å². The molecule has 0 bridgehead atoms. The zero-order chi connectivity index (χ0) is 14.7. The molecule has 0 aliphatic carbocycles. The molecule has 1 aromatic carbocycles. The number of rotatable bonds is 4. The number of nitrogens with one attached hydrogen (secondary N) is 1. The molecule has 0 aliphatic heterocycles. The number of hydrogen-bond donors (Lipinski definition) is 1. The fraction of sp³-hybridized carbons (Fsp3) is 0.333. The van der Waals surface area contributed by atoms with Crippen LogP contribution >= 0.6 is 0 Å². The maximum atomic E-state index is 14.1. The third-order valence-electron chi connectivity index (χ3n) is 2.95. The van der Waals surface area contributed by atoms with Crippen molar-refractivity contribution in [1.82, 2.24) is 9.97 Å². The van der Waals surface area contributed by atoms with Gasteiger partial charge < -0.3 is 5.32 Å². The molecule has 0 unspecified atom stereocenters. The second-order valence-corrected chi connectivity index (χ2v) is 4.76. The summed E-state index contributed by atoms with van der Waals surface area (Å²) < 4.78 is 28.0. The van der Waals surface area contributed by atoms with Crippen LogP contribution in [0.1, 0.15) is 24.5 Å². The summed E-state index contributed by atoms with van der Waals surface area (Å²) in [5.41, 5.74) is 1.63. The summed E-state index contributed by atoms with van der Waals surface area (Å²) in [6, 6.07) is 3.18. The molecule has 0 radical (unpaired) electrons. The Labute approximate surface area is 117 Å². The van der Waals surface area contributed by atoms with Gasteiger partial charge in [-0.3, -0.25) is 0 Å². The molecule has 3 nitrogen and oxygen atoms in total. The molecule has 0 saturated heterocycles. The van der Waals surface area contributed by atoms with Crippen LogP contribution in [0.25, 0.3) is 11.3 Å². The molecule has 0 atom stereocenters. The van der Waals surface area contributed by atoms with Crippen molar-refractivity contribution in [2.75, 3.05) is 11.9 Å². The maximum absolute atomic E-state index is 14.1. The first-order valence-electron chi connectivity index (χ1n) is 6.56. The van der Waals surface area contributed by atoms with Gasteiger partial charge in [-0.2, -0.15) is 0 Å². The Morgan fingerprint density at radius 3 is 2.55 bits per heavy atom. The van der Waals surface area contributed by atoms with E-state index in [-0.39, 0.29) is 11.3 Å². The molecule has 0 amide bonds. The van der Waals surface area contributed by atoms with Crippen molar-refractivity contribution in [3.63, 3.8) is 0 Å². The SMILES string of the molecule is CCCNc1ncc(F)c(-c2c(C)cc(C)cc2F)n1. The van der Waals surface area contributed by atoms with Crippen LogP contribution in [-0.2, 0) is 0 Å². The number of hydrogen-bond acceptors (Lipinski definition) is 3. The van der Waals surface area contributed by atoms with Crippen molar-refractivity contribution < 1.29 is 8.78 Å². The molecule has 0 aliphatic rings. The molecule has 5 heteroatoms. The van der Waals surface area contributed by atoms with E-state index in [4.69, 9.17) is 0 Å². The van der Waals surface area contributed by atoms with E-state index >= 15 is 0 Å². The van der Waals surface area contributed by atoms with Gasteiger partial charge in [-0.1, -0.05) is 13.0 Å². The van der Waals surface area contributed by atoms with E-state index in [1.165, 1.54) is 6.07 Å². The Hall–Kier alpha value is -2.04. The van der Waals surface area contributed by atoms with Crippen molar-refractivity contribution in [2.45, 2.75) is 27.2 Å². The van der Waals surface area contributed by atoms with Crippen molar-refractivity contribution in [3.05, 3.63) is 41.1 Å². The first kappa shape index (κ1) is 14.4. The third kappa shape index (κ3) is 2.92. The van der Waals surface area contributed by atoms with Gasteiger partial charge in [0.25, 0.3) is 0 Å². The Balaban J connectivity index is 2.51. The Morgan fingerprint density at radius 2 is 1.90 bits per heavy atom. The summed E-state index contributed by atoms with van der Waals surface area (Å²) in [6.45, 7) is 6.22. The van der Waals surface area contributed by atoms with Gasteiger partial charge in [-0.25, -0.2) is 18.7 Å². The highest BCUT2D eigenvalue weighted by Crippen LogP contribution is 2.28. The van der Waals surface area contributed by atoms with Crippen LogP contribution < -0.4 is 5.32 Å². The Bertz CT molecular complexity index is 604. The topological polar surface area (TPSA) is 37.8 Å². The minimum absolute atomic E-state index is 0.00592. The summed E-state index contributed by atoms with van der Waals surface area (Å²) >= 11 is 0. The van der Waals surface area contributed by atoms with Gasteiger partial charge in [0.15, 0.2) is 5.82 Å². The summed E-state index contributed by atoms with van der Waals surface area (Å²) in [6.07, 6.45) is 1.97. The van der Waals surface area contributed by atoms with Crippen LogP contribution in [0.15, 0.2) is 18.3 Å². The normalized spacial score (nSPS) is 10.7. The highest BCUT2D eigenvalue weighted by Gasteiger charge is 2.16. The quantitative estimate of drug-likeness (QED) is 0.922. The van der Waals surface area contributed by atoms with Crippen molar-refractivity contribution in [3.8, 4) is 11.3 Å². The number of aromatic nitrogens is 2. The molecule has 0 fully saturated rings. The first-order chi connectivity index (χ1) is 9.52. The summed E-state index contributed by atoms with van der Waals surface area (Å²) in [5.74, 6) is -0.790. The average Bonchev–Trinajstić information content (AvgIpc) is 2.38. The number of benzene rings is 1. The van der Waals surface area contributed by atoms with Gasteiger partial charge in [0.1, 0.15) is 11.5 Å². The van der Waals surface area contributed by atoms with E-state index in [9.17, 15) is 8.78 Å². The third-order valence-corrected chi connectivity index (χ3v) is 2.95. The molecule has 1 aromatic heterocycles. The second-order valence-electron chi connectivity index (χ2n) is 4.76. The van der Waals surface area contributed by atoms with Crippen LogP contribution in [0.4, 0.5) is 14.7 Å². The van der Waals surface area contributed by atoms with Crippen LogP contribution in [0.2, 0.25) is 0 Å². The van der Waals surface area contributed by atoms with Gasteiger partial charge in [-0.15, -0.1) is 0 Å². The van der Waals surface area contributed by atoms with Crippen LogP contribution in [-0.4, -0.2) is 16.5 Å². The predicted molar refractivity (Wildman–Crippen MR) is 75.6 cm³/mol. The number of halogens is 2. The van der Waals surface area contributed by atoms with Crippen LogP contribution in [0, 0.1) is 25.5 Å². The van der Waals surface area contributed by atoms with Gasteiger partial charge in [0, 0.05) is 12.1 Å². The zero-order valence-electron chi connectivity index (χ0n) is 11.8. The summed E-state index contributed by atoms with van der Waals surface area (Å²) in [4.78, 5) is 7.95. The summed E-state index contributed by atoms with van der Waals surface area (Å²) in [7, 11) is 0. The number of nitrogens with zero attached hydrogens (tertiary/aromatic N) is 2. The lowest BCUT2D eigenvalue weighted by molar-refractivity contribution is 0.605. The molecular weight excluding hydrogens is 260 g/mol. The predicted octanol–water partition coefficient (Wildman–Crippen LogP) is 3.86. The molecule has 0 spiro atoms. The molecule has 1 heterocycles. The van der Waals surface area contributed by atoms with Crippen molar-refractivity contribution in [2.24, 2.45) is 0 Å². The second kappa shape index (κ2) is 5.94. The lowest BCUT2D eigenvalue weighted by Gasteiger charge is -2.11. The lowest BCUT2D eigenvalue weighted by atomic mass is 10.0. The lowest BCUT2D eigenvalue weighted by Crippen LogP contribution is -2.06. The highest BCUT2D eigenvalue weighted by atomic mass is 19.1. The summed E-state index contributed by atoms with van der Waals surface area (Å²) in [5, 5.41) is 2.97. The van der Waals surface area contributed by atoms with E-state index in [1.54, 1.807) is 19.9 Å². The zero-order valence-corrected chi connectivity index (χ0v) is 11.8. The van der Waals surface area contributed by atoms with Crippen molar-refractivity contribution in [1.29, 1.82) is 0 Å². The van der Waals surface area contributed by atoms with E-state index in [1.807, 2.05) is 6.92 Å². The van der Waals surface area contributed by atoms with Crippen LogP contribution in [0.5, 0.6) is 0 Å². The fourth-order valence-corrected chi connectivity index (χ4v) is 2.08. The highest BCUT2D eigenvalue weighted by molar-refractivity contribution is 5.66. The molecule has 2 rings (SSSR count). The molecule has 0 saturated carbocycles. The molecule has 106 valence electrons.